The summed E-state index contributed by atoms with van der Waals surface area (Å²) in [5.41, 5.74) is 6.70. The molecule has 2 N–H and O–H groups in total. The minimum Gasteiger partial charge on any atom is -0.486 e. The normalized spacial score (nSPS) is 10.5. The first-order valence-corrected chi connectivity index (χ1v) is 5.54. The van der Waals surface area contributed by atoms with Crippen LogP contribution in [0.5, 0.6) is 5.75 Å². The van der Waals surface area contributed by atoms with E-state index >= 15 is 0 Å². The van der Waals surface area contributed by atoms with Crippen LogP contribution in [-0.4, -0.2) is 21.3 Å². The van der Waals surface area contributed by atoms with E-state index in [1.165, 1.54) is 11.9 Å². The Bertz CT molecular complexity index is 481. The van der Waals surface area contributed by atoms with E-state index in [0.29, 0.717) is 13.2 Å². The summed E-state index contributed by atoms with van der Waals surface area (Å²) in [5.74, 6) is 1.63. The molecule has 1 aromatic carbocycles. The van der Waals surface area contributed by atoms with Crippen molar-refractivity contribution in [3.8, 4) is 5.75 Å². The summed E-state index contributed by atoms with van der Waals surface area (Å²) in [6.07, 6.45) is 2.38. The van der Waals surface area contributed by atoms with Gasteiger partial charge in [0, 0.05) is 7.05 Å². The molecule has 0 fully saturated rings. The van der Waals surface area contributed by atoms with Gasteiger partial charge in [0.1, 0.15) is 18.7 Å². The Morgan fingerprint density at radius 3 is 3.00 bits per heavy atom. The summed E-state index contributed by atoms with van der Waals surface area (Å²) in [7, 11) is 1.84. The summed E-state index contributed by atoms with van der Waals surface area (Å²) in [5, 5.41) is 3.98. The molecular weight excluding hydrogens is 216 g/mol. The smallest absolute Gasteiger partial charge is 0.164 e. The Morgan fingerprint density at radius 1 is 1.41 bits per heavy atom. The molecule has 5 nitrogen and oxygen atoms in total. The van der Waals surface area contributed by atoms with Crippen molar-refractivity contribution in [3.63, 3.8) is 0 Å². The average Bonchev–Trinajstić information content (AvgIpc) is 2.73. The van der Waals surface area contributed by atoms with E-state index in [1.54, 1.807) is 4.68 Å². The van der Waals surface area contributed by atoms with E-state index in [-0.39, 0.29) is 0 Å². The molecule has 17 heavy (non-hydrogen) atoms. The van der Waals surface area contributed by atoms with Crippen molar-refractivity contribution in [3.05, 3.63) is 42.0 Å². The predicted octanol–water partition coefficient (Wildman–Crippen LogP) is 0.895. The molecule has 90 valence electrons. The van der Waals surface area contributed by atoms with Crippen LogP contribution in [0.3, 0.4) is 0 Å². The van der Waals surface area contributed by atoms with Crippen LogP contribution in [0.2, 0.25) is 0 Å². The monoisotopic (exact) mass is 232 g/mol. The maximum atomic E-state index is 5.65. The largest absolute Gasteiger partial charge is 0.486 e. The van der Waals surface area contributed by atoms with E-state index in [9.17, 15) is 0 Å². The molecule has 2 rings (SSSR count). The third-order valence-electron chi connectivity index (χ3n) is 2.50. The zero-order chi connectivity index (χ0) is 12.1. The maximum Gasteiger partial charge on any atom is 0.164 e. The number of aryl methyl sites for hydroxylation is 1. The van der Waals surface area contributed by atoms with Gasteiger partial charge < -0.3 is 10.5 Å². The van der Waals surface area contributed by atoms with Gasteiger partial charge in [-0.2, -0.15) is 5.10 Å². The molecule has 0 aliphatic heterocycles. The molecule has 0 aliphatic rings. The highest BCUT2D eigenvalue weighted by atomic mass is 16.5. The molecule has 0 amide bonds. The Balaban J connectivity index is 1.99. The third kappa shape index (κ3) is 3.04. The minimum absolute atomic E-state index is 0.419. The quantitative estimate of drug-likeness (QED) is 0.831. The van der Waals surface area contributed by atoms with Gasteiger partial charge in [0.05, 0.1) is 0 Å². The third-order valence-corrected chi connectivity index (χ3v) is 2.50. The SMILES string of the molecule is Cn1ncnc1COc1cccc(CCN)c1. The van der Waals surface area contributed by atoms with Gasteiger partial charge in [0.2, 0.25) is 0 Å². The Hall–Kier alpha value is -1.88. The van der Waals surface area contributed by atoms with Crippen molar-refractivity contribution in [1.29, 1.82) is 0 Å². The van der Waals surface area contributed by atoms with Gasteiger partial charge >= 0.3 is 0 Å². The summed E-state index contributed by atoms with van der Waals surface area (Å²) in [4.78, 5) is 4.10. The molecule has 1 aromatic heterocycles. The summed E-state index contributed by atoms with van der Waals surface area (Å²) in [6.45, 7) is 1.06. The molecule has 0 radical (unpaired) electrons. The molecule has 0 bridgehead atoms. The van der Waals surface area contributed by atoms with Crippen LogP contribution in [0.25, 0.3) is 0 Å². The summed E-state index contributed by atoms with van der Waals surface area (Å²) in [6, 6.07) is 7.94. The lowest BCUT2D eigenvalue weighted by Crippen LogP contribution is -2.05. The second kappa shape index (κ2) is 5.45. The van der Waals surface area contributed by atoms with Crippen LogP contribution >= 0.6 is 0 Å². The number of hydrogen-bond donors (Lipinski definition) is 1. The number of hydrogen-bond acceptors (Lipinski definition) is 4. The molecule has 0 saturated carbocycles. The lowest BCUT2D eigenvalue weighted by molar-refractivity contribution is 0.289. The fourth-order valence-electron chi connectivity index (χ4n) is 1.56. The van der Waals surface area contributed by atoms with Gasteiger partial charge in [0.15, 0.2) is 5.82 Å². The first-order chi connectivity index (χ1) is 8.29. The summed E-state index contributed by atoms with van der Waals surface area (Å²) < 4.78 is 7.35. The number of aromatic nitrogens is 3. The number of benzene rings is 1. The van der Waals surface area contributed by atoms with Gasteiger partial charge in [-0.3, -0.25) is 4.68 Å². The van der Waals surface area contributed by atoms with E-state index < -0.39 is 0 Å². The highest BCUT2D eigenvalue weighted by Crippen LogP contribution is 2.14. The van der Waals surface area contributed by atoms with Crippen molar-refractivity contribution < 1.29 is 4.74 Å². The van der Waals surface area contributed by atoms with Gasteiger partial charge in [-0.15, -0.1) is 0 Å². The molecule has 0 unspecified atom stereocenters. The number of ether oxygens (including phenoxy) is 1. The van der Waals surface area contributed by atoms with Crippen LogP contribution in [0.1, 0.15) is 11.4 Å². The van der Waals surface area contributed by atoms with Crippen LogP contribution in [0.15, 0.2) is 30.6 Å². The molecule has 0 spiro atoms. The van der Waals surface area contributed by atoms with E-state index in [1.807, 2.05) is 31.3 Å². The average molecular weight is 232 g/mol. The standard InChI is InChI=1S/C12H16N4O/c1-16-12(14-9-15-16)8-17-11-4-2-3-10(7-11)5-6-13/h2-4,7,9H,5-6,8,13H2,1H3. The first kappa shape index (κ1) is 11.6. The molecule has 0 aliphatic carbocycles. The van der Waals surface area contributed by atoms with E-state index in [4.69, 9.17) is 10.5 Å². The Morgan fingerprint density at radius 2 is 2.29 bits per heavy atom. The predicted molar refractivity (Wildman–Crippen MR) is 64.5 cm³/mol. The zero-order valence-corrected chi connectivity index (χ0v) is 9.84. The van der Waals surface area contributed by atoms with E-state index in [0.717, 1.165) is 18.0 Å². The summed E-state index contributed by atoms with van der Waals surface area (Å²) >= 11 is 0. The van der Waals surface area contributed by atoms with Crippen LogP contribution < -0.4 is 10.5 Å². The van der Waals surface area contributed by atoms with Crippen LogP contribution in [0.4, 0.5) is 0 Å². The fraction of sp³-hybridized carbons (Fsp3) is 0.333. The van der Waals surface area contributed by atoms with Crippen molar-refractivity contribution >= 4 is 0 Å². The molecule has 1 heterocycles. The second-order valence-corrected chi connectivity index (χ2v) is 3.77. The van der Waals surface area contributed by atoms with Crippen molar-refractivity contribution in [2.45, 2.75) is 13.0 Å². The highest BCUT2D eigenvalue weighted by Gasteiger charge is 2.02. The highest BCUT2D eigenvalue weighted by molar-refractivity contribution is 5.28. The molecule has 5 heteroatoms. The molecule has 0 saturated heterocycles. The van der Waals surface area contributed by atoms with E-state index in [2.05, 4.69) is 10.1 Å². The van der Waals surface area contributed by atoms with Gasteiger partial charge in [-0.05, 0) is 30.7 Å². The number of nitrogens with two attached hydrogens (primary N) is 1. The van der Waals surface area contributed by atoms with Crippen LogP contribution in [-0.2, 0) is 20.1 Å². The second-order valence-electron chi connectivity index (χ2n) is 3.77. The van der Waals surface area contributed by atoms with Gasteiger partial charge in [0.25, 0.3) is 0 Å². The molecular formula is C12H16N4O. The topological polar surface area (TPSA) is 66.0 Å². The van der Waals surface area contributed by atoms with Gasteiger partial charge in [-0.25, -0.2) is 4.98 Å². The first-order valence-electron chi connectivity index (χ1n) is 5.54. The van der Waals surface area contributed by atoms with Gasteiger partial charge in [-0.1, -0.05) is 12.1 Å². The molecule has 2 aromatic rings. The molecule has 0 atom stereocenters. The lowest BCUT2D eigenvalue weighted by atomic mass is 10.1. The van der Waals surface area contributed by atoms with Crippen molar-refractivity contribution in [2.24, 2.45) is 12.8 Å². The minimum atomic E-state index is 0.419. The lowest BCUT2D eigenvalue weighted by Gasteiger charge is -2.07. The fourth-order valence-corrected chi connectivity index (χ4v) is 1.56. The zero-order valence-electron chi connectivity index (χ0n) is 9.84. The Labute approximate surface area is 100 Å². The van der Waals surface area contributed by atoms with Crippen molar-refractivity contribution in [1.82, 2.24) is 14.8 Å². The van der Waals surface area contributed by atoms with Crippen LogP contribution in [0, 0.1) is 0 Å². The Kier molecular flexibility index (Phi) is 3.72. The number of nitrogens with zero attached hydrogens (tertiary/aromatic N) is 3. The number of rotatable bonds is 5. The van der Waals surface area contributed by atoms with Crippen molar-refractivity contribution in [2.75, 3.05) is 6.54 Å². The maximum absolute atomic E-state index is 5.65.